The fourth-order valence-corrected chi connectivity index (χ4v) is 3.91. The van der Waals surface area contributed by atoms with Gasteiger partial charge in [0.25, 0.3) is 5.91 Å². The Morgan fingerprint density at radius 3 is 2.53 bits per heavy atom. The zero-order valence-electron chi connectivity index (χ0n) is 16.8. The van der Waals surface area contributed by atoms with Crippen molar-refractivity contribution in [3.8, 4) is 0 Å². The van der Waals surface area contributed by atoms with E-state index in [0.717, 1.165) is 11.0 Å². The van der Waals surface area contributed by atoms with Gasteiger partial charge >= 0.3 is 0 Å². The molecule has 0 aliphatic rings. The van der Waals surface area contributed by atoms with Crippen LogP contribution in [0.3, 0.4) is 0 Å². The molecule has 1 atom stereocenters. The van der Waals surface area contributed by atoms with Gasteiger partial charge < -0.3 is 15.0 Å². The summed E-state index contributed by atoms with van der Waals surface area (Å²) in [5.74, 6) is 0.255. The topological polar surface area (TPSA) is 67.2 Å². The first-order chi connectivity index (χ1) is 14.4. The minimum atomic E-state index is -1.57. The van der Waals surface area contributed by atoms with Crippen molar-refractivity contribution in [3.05, 3.63) is 100 Å². The molecule has 1 heterocycles. The lowest BCUT2D eigenvalue weighted by molar-refractivity contribution is 0.0954. The van der Waals surface area contributed by atoms with Crippen LogP contribution in [-0.4, -0.2) is 27.1 Å². The van der Waals surface area contributed by atoms with Crippen LogP contribution in [0.1, 0.15) is 34.2 Å². The Bertz CT molecular complexity index is 1220. The summed E-state index contributed by atoms with van der Waals surface area (Å²) >= 11 is 6.19. The van der Waals surface area contributed by atoms with E-state index in [9.17, 15) is 9.90 Å². The number of fused-ring (bicyclic) bond motifs is 1. The third-order valence-corrected chi connectivity index (χ3v) is 5.47. The SMILES string of the molecule is CCNC(=O)c1cccc(C(O)(c2ccccc2)c2nc3ccc(Cl)cc3n2C)c1. The molecular formula is C24H22ClN3O2. The number of carbonyl (C=O) groups excluding carboxylic acids is 1. The molecule has 2 N–H and O–H groups in total. The third-order valence-electron chi connectivity index (χ3n) is 5.24. The summed E-state index contributed by atoms with van der Waals surface area (Å²) in [6.45, 7) is 2.39. The predicted molar refractivity (Wildman–Crippen MR) is 119 cm³/mol. The Kier molecular flexibility index (Phi) is 5.33. The lowest BCUT2D eigenvalue weighted by atomic mass is 9.84. The van der Waals surface area contributed by atoms with Crippen molar-refractivity contribution in [1.29, 1.82) is 0 Å². The second-order valence-electron chi connectivity index (χ2n) is 7.14. The maximum Gasteiger partial charge on any atom is 0.251 e. The van der Waals surface area contributed by atoms with Crippen molar-refractivity contribution < 1.29 is 9.90 Å². The number of aliphatic hydroxyl groups is 1. The van der Waals surface area contributed by atoms with E-state index in [-0.39, 0.29) is 5.91 Å². The maximum atomic E-state index is 12.4. The number of imidazole rings is 1. The van der Waals surface area contributed by atoms with Gasteiger partial charge in [0.2, 0.25) is 0 Å². The molecule has 0 spiro atoms. The van der Waals surface area contributed by atoms with E-state index < -0.39 is 5.60 Å². The quantitative estimate of drug-likeness (QED) is 0.508. The second-order valence-corrected chi connectivity index (χ2v) is 7.58. The number of hydrogen-bond donors (Lipinski definition) is 2. The van der Waals surface area contributed by atoms with E-state index in [1.54, 1.807) is 24.3 Å². The van der Waals surface area contributed by atoms with Crippen LogP contribution in [-0.2, 0) is 12.6 Å². The van der Waals surface area contributed by atoms with E-state index in [1.807, 2.05) is 67.1 Å². The van der Waals surface area contributed by atoms with Gasteiger partial charge in [0.1, 0.15) is 0 Å². The Morgan fingerprint density at radius 2 is 1.80 bits per heavy atom. The standard InChI is InChI=1S/C24H22ClN3O2/c1-3-26-22(29)16-8-7-11-18(14-16)24(30,17-9-5-4-6-10-17)23-27-20-13-12-19(25)15-21(20)28(23)2/h4-15,30H,3H2,1-2H3,(H,26,29). The first kappa shape index (κ1) is 20.1. The van der Waals surface area contributed by atoms with E-state index in [0.29, 0.717) is 34.1 Å². The fourth-order valence-electron chi connectivity index (χ4n) is 3.74. The molecule has 3 aromatic carbocycles. The van der Waals surface area contributed by atoms with Crippen LogP contribution in [0.2, 0.25) is 5.02 Å². The minimum absolute atomic E-state index is 0.188. The Morgan fingerprint density at radius 1 is 1.07 bits per heavy atom. The predicted octanol–water partition coefficient (Wildman–Crippen LogP) is 4.26. The molecule has 4 aromatic rings. The number of aromatic nitrogens is 2. The number of amides is 1. The molecule has 0 radical (unpaired) electrons. The van der Waals surface area contributed by atoms with Crippen molar-refractivity contribution in [2.75, 3.05) is 6.54 Å². The van der Waals surface area contributed by atoms with Crippen LogP contribution < -0.4 is 5.32 Å². The molecule has 152 valence electrons. The summed E-state index contributed by atoms with van der Waals surface area (Å²) in [5.41, 5.74) is 1.66. The summed E-state index contributed by atoms with van der Waals surface area (Å²) in [6, 6.07) is 21.8. The molecule has 0 saturated heterocycles. The third kappa shape index (κ3) is 3.36. The number of aryl methyl sites for hydroxylation is 1. The van der Waals surface area contributed by atoms with Gasteiger partial charge in [-0.1, -0.05) is 54.1 Å². The molecule has 1 amide bonds. The summed E-state index contributed by atoms with van der Waals surface area (Å²) < 4.78 is 1.84. The first-order valence-corrected chi connectivity index (χ1v) is 10.1. The minimum Gasteiger partial charge on any atom is -0.373 e. The van der Waals surface area contributed by atoms with Crippen molar-refractivity contribution >= 4 is 28.5 Å². The van der Waals surface area contributed by atoms with Crippen LogP contribution >= 0.6 is 11.6 Å². The molecule has 5 nitrogen and oxygen atoms in total. The van der Waals surface area contributed by atoms with Gasteiger partial charge in [0.15, 0.2) is 11.4 Å². The molecule has 1 unspecified atom stereocenters. The Hall–Kier alpha value is -3.15. The maximum absolute atomic E-state index is 12.4. The van der Waals surface area contributed by atoms with Gasteiger partial charge in [-0.3, -0.25) is 4.79 Å². The van der Waals surface area contributed by atoms with E-state index in [1.165, 1.54) is 0 Å². The first-order valence-electron chi connectivity index (χ1n) is 9.74. The summed E-state index contributed by atoms with van der Waals surface area (Å²) in [6.07, 6.45) is 0. The number of rotatable bonds is 5. The lowest BCUT2D eigenvalue weighted by Crippen LogP contribution is -2.33. The highest BCUT2D eigenvalue weighted by molar-refractivity contribution is 6.31. The number of halogens is 1. The monoisotopic (exact) mass is 419 g/mol. The molecule has 0 aliphatic heterocycles. The molecular weight excluding hydrogens is 398 g/mol. The number of nitrogens with one attached hydrogen (secondary N) is 1. The highest BCUT2D eigenvalue weighted by Gasteiger charge is 2.38. The van der Waals surface area contributed by atoms with Crippen molar-refractivity contribution in [2.45, 2.75) is 12.5 Å². The molecule has 0 fully saturated rings. The van der Waals surface area contributed by atoms with Crippen molar-refractivity contribution in [1.82, 2.24) is 14.9 Å². The van der Waals surface area contributed by atoms with Crippen molar-refractivity contribution in [3.63, 3.8) is 0 Å². The highest BCUT2D eigenvalue weighted by atomic mass is 35.5. The van der Waals surface area contributed by atoms with Gasteiger partial charge in [-0.05, 0) is 48.4 Å². The average Bonchev–Trinajstić information content (AvgIpc) is 3.10. The molecule has 4 rings (SSSR count). The van der Waals surface area contributed by atoms with Gasteiger partial charge in [-0.25, -0.2) is 4.98 Å². The smallest absolute Gasteiger partial charge is 0.251 e. The largest absolute Gasteiger partial charge is 0.373 e. The van der Waals surface area contributed by atoms with Crippen LogP contribution in [0.25, 0.3) is 11.0 Å². The fraction of sp³-hybridized carbons (Fsp3) is 0.167. The van der Waals surface area contributed by atoms with Gasteiger partial charge in [0.05, 0.1) is 11.0 Å². The zero-order chi connectivity index (χ0) is 21.3. The Labute approximate surface area is 179 Å². The number of nitrogens with zero attached hydrogens (tertiary/aromatic N) is 2. The molecule has 1 aromatic heterocycles. The number of hydrogen-bond acceptors (Lipinski definition) is 3. The lowest BCUT2D eigenvalue weighted by Gasteiger charge is -2.29. The van der Waals surface area contributed by atoms with E-state index in [2.05, 4.69) is 5.32 Å². The van der Waals surface area contributed by atoms with E-state index >= 15 is 0 Å². The normalized spacial score (nSPS) is 13.2. The van der Waals surface area contributed by atoms with Crippen molar-refractivity contribution in [2.24, 2.45) is 7.05 Å². The molecule has 0 aliphatic carbocycles. The molecule has 0 saturated carbocycles. The molecule has 30 heavy (non-hydrogen) atoms. The van der Waals surface area contributed by atoms with Gasteiger partial charge in [-0.2, -0.15) is 0 Å². The second kappa shape index (κ2) is 7.94. The summed E-state index contributed by atoms with van der Waals surface area (Å²) in [4.78, 5) is 17.2. The summed E-state index contributed by atoms with van der Waals surface area (Å²) in [5, 5.41) is 15.6. The highest BCUT2D eigenvalue weighted by Crippen LogP contribution is 2.37. The number of carbonyl (C=O) groups is 1. The molecule has 0 bridgehead atoms. The zero-order valence-corrected chi connectivity index (χ0v) is 17.5. The van der Waals surface area contributed by atoms with Crippen LogP contribution in [0.4, 0.5) is 0 Å². The Balaban J connectivity index is 1.98. The van der Waals surface area contributed by atoms with Gasteiger partial charge in [0, 0.05) is 24.2 Å². The van der Waals surface area contributed by atoms with Gasteiger partial charge in [-0.15, -0.1) is 0 Å². The van der Waals surface area contributed by atoms with Crippen LogP contribution in [0.5, 0.6) is 0 Å². The van der Waals surface area contributed by atoms with E-state index in [4.69, 9.17) is 16.6 Å². The van der Waals surface area contributed by atoms with Crippen LogP contribution in [0, 0.1) is 0 Å². The molecule has 6 heteroatoms. The van der Waals surface area contributed by atoms with Crippen LogP contribution in [0.15, 0.2) is 72.8 Å². The average molecular weight is 420 g/mol. The summed E-state index contributed by atoms with van der Waals surface area (Å²) in [7, 11) is 1.85. The number of benzene rings is 3.